The second-order valence-corrected chi connectivity index (χ2v) is 29.5. The van der Waals surface area contributed by atoms with Crippen LogP contribution in [0.3, 0.4) is 0 Å². The molecule has 13 nitrogen and oxygen atoms in total. The highest BCUT2D eigenvalue weighted by Crippen LogP contribution is 2.69. The Morgan fingerprint density at radius 1 is 0.614 bits per heavy atom. The first kappa shape index (κ1) is 63.3. The summed E-state index contributed by atoms with van der Waals surface area (Å²) in [6, 6.07) is 18.5. The smallest absolute Gasteiger partial charge is 0.321 e. The molecule has 4 spiro atoms. The third-order valence-electron chi connectivity index (χ3n) is 24.0. The van der Waals surface area contributed by atoms with E-state index in [0.29, 0.717) is 63.9 Å². The van der Waals surface area contributed by atoms with Crippen LogP contribution in [0.4, 0.5) is 20.2 Å². The average Bonchev–Trinajstić information content (AvgIpc) is 1.50. The fourth-order valence-corrected chi connectivity index (χ4v) is 20.4. The number of benzene rings is 4. The molecule has 4 aliphatic heterocycles. The number of halogens is 6. The van der Waals surface area contributed by atoms with E-state index in [1.165, 1.54) is 19.2 Å². The highest BCUT2D eigenvalue weighted by molar-refractivity contribution is 6.32. The number of esters is 1. The largest absolute Gasteiger partial charge is 0.480 e. The summed E-state index contributed by atoms with van der Waals surface area (Å²) in [6.07, 6.45) is 20.4. The lowest BCUT2D eigenvalue weighted by Gasteiger charge is -2.53. The van der Waals surface area contributed by atoms with Gasteiger partial charge in [-0.1, -0.05) is 142 Å². The number of nitrogens with two attached hydrogens (primary N) is 1. The van der Waals surface area contributed by atoms with Crippen molar-refractivity contribution in [3.63, 3.8) is 0 Å². The Balaban J connectivity index is 0.000000145. The van der Waals surface area contributed by atoms with Crippen LogP contribution in [0, 0.1) is 22.5 Å². The number of carboxylic acid groups (broad SMARTS) is 1. The van der Waals surface area contributed by atoms with Gasteiger partial charge in [-0.15, -0.1) is 0 Å². The number of carbonyl (C=O) groups is 5. The molecule has 4 aromatic carbocycles. The number of carboxylic acids is 1. The molecule has 0 radical (unpaired) electrons. The van der Waals surface area contributed by atoms with E-state index in [4.69, 9.17) is 56.9 Å². The van der Waals surface area contributed by atoms with Crippen molar-refractivity contribution in [2.75, 3.05) is 30.8 Å². The monoisotopic (exact) mass is 1280 g/mol. The van der Waals surface area contributed by atoms with E-state index in [9.17, 15) is 29.1 Å². The van der Waals surface area contributed by atoms with Gasteiger partial charge in [0.05, 0.1) is 28.6 Å². The Kier molecular flexibility index (Phi) is 16.8. The number of methoxy groups -OCH3 is 1. The Morgan fingerprint density at radius 2 is 1.03 bits per heavy atom. The molecular weight excluding hydrogens is 1200 g/mol. The molecule has 10 fully saturated rings. The van der Waals surface area contributed by atoms with Gasteiger partial charge in [0.15, 0.2) is 0 Å². The van der Waals surface area contributed by atoms with E-state index in [-0.39, 0.29) is 55.8 Å². The molecule has 4 heterocycles. The molecule has 6 atom stereocenters. The van der Waals surface area contributed by atoms with Gasteiger partial charge in [-0.25, -0.2) is 8.78 Å². The standard InChI is InChI=1S/C34H40Cl2FN3O2.C25H25Cl2FN2O3.C10H17NO2/c1-3-40-28(29(41)39-32-17-14-31(2,15-18-32)16-19-32)26(22-8-7-9-24(36)27(22)37)34(33(40)12-5-4-6-13-33)23-11-10-21(35)20-25(23)38-30(34)42;1-2-30-21(22(31)32)19(15-7-6-8-17(27)20(15)28)25(24(30)11-4-3-5-12-24)16-10-9-14(26)13-18(16)29-23(25)33;1-13-8(12)9-2-5-10(11,6-3-9)7-4-9/h7-11,20,26,28H,3-6,12-19H2,1-2H3,(H,38,42)(H,39,41);6-10,13,19,21H,2-5,11-12H2,1H3,(H,29,33)(H,31,32);2-7,11H2,1H3/t26-,28+,31?,32?,34+;19-,21+,25+;/m00./s1. The number of rotatable bonds is 8. The zero-order valence-corrected chi connectivity index (χ0v) is 53.9. The quantitative estimate of drug-likeness (QED) is 0.106. The molecule has 8 saturated carbocycles. The van der Waals surface area contributed by atoms with Crippen LogP contribution in [0.5, 0.6) is 0 Å². The first-order chi connectivity index (χ1) is 42.0. The number of hydrogen-bond acceptors (Lipinski definition) is 9. The second-order valence-electron chi connectivity index (χ2n) is 27.8. The number of likely N-dealkylation sites (tertiary alicyclic amines) is 2. The molecule has 4 aromatic rings. The van der Waals surface area contributed by atoms with Gasteiger partial charge < -0.3 is 31.5 Å². The molecular formula is C69H82Cl4F2N6O7. The van der Waals surface area contributed by atoms with Crippen molar-refractivity contribution in [2.45, 2.75) is 219 Å². The molecule has 19 heteroatoms. The fraction of sp³-hybridized carbons (Fsp3) is 0.580. The number of fused-ring (bicyclic) bond motifs is 12. The van der Waals surface area contributed by atoms with Crippen LogP contribution in [0.1, 0.15) is 196 Å². The van der Waals surface area contributed by atoms with Gasteiger partial charge in [-0.3, -0.25) is 33.8 Å². The van der Waals surface area contributed by atoms with Gasteiger partial charge in [0.25, 0.3) is 0 Å². The minimum absolute atomic E-state index is 0.00151. The number of likely N-dealkylation sites (N-methyl/N-ethyl adjacent to an activating group) is 2. The Hall–Kier alpha value is -4.87. The molecule has 12 aliphatic rings. The predicted molar refractivity (Wildman–Crippen MR) is 339 cm³/mol. The lowest BCUT2D eigenvalue weighted by molar-refractivity contribution is -0.159. The Bertz CT molecular complexity index is 3420. The summed E-state index contributed by atoms with van der Waals surface area (Å²) < 4.78 is 36.7. The average molecular weight is 1290 g/mol. The number of carbonyl (C=O) groups excluding carboxylic acids is 4. The number of aliphatic carboxylic acids is 1. The van der Waals surface area contributed by atoms with Crippen LogP contribution in [0.2, 0.25) is 20.1 Å². The highest BCUT2D eigenvalue weighted by atomic mass is 35.5. The lowest BCUT2D eigenvalue weighted by Crippen LogP contribution is -2.62. The highest BCUT2D eigenvalue weighted by Gasteiger charge is 2.77. The van der Waals surface area contributed by atoms with Crippen LogP contribution in [0.25, 0.3) is 0 Å². The second kappa shape index (κ2) is 23.4. The maximum atomic E-state index is 16.3. The van der Waals surface area contributed by atoms with Crippen molar-refractivity contribution in [3.05, 3.63) is 127 Å². The molecule has 16 rings (SSSR count). The number of nitrogens with zero attached hydrogens (tertiary/aromatic N) is 2. The van der Waals surface area contributed by atoms with E-state index in [2.05, 4.69) is 34.7 Å². The summed E-state index contributed by atoms with van der Waals surface area (Å²) in [5.41, 5.74) is 5.41. The molecule has 0 aromatic heterocycles. The van der Waals surface area contributed by atoms with Gasteiger partial charge >= 0.3 is 11.9 Å². The summed E-state index contributed by atoms with van der Waals surface area (Å²) in [6.45, 7) is 7.34. The van der Waals surface area contributed by atoms with Crippen LogP contribution in [-0.2, 0) is 39.5 Å². The van der Waals surface area contributed by atoms with Crippen molar-refractivity contribution in [3.8, 4) is 0 Å². The predicted octanol–water partition coefficient (Wildman–Crippen LogP) is 14.6. The number of hydrogen-bond donors (Lipinski definition) is 5. The maximum Gasteiger partial charge on any atom is 0.321 e. The van der Waals surface area contributed by atoms with E-state index < -0.39 is 63.4 Å². The van der Waals surface area contributed by atoms with Gasteiger partial charge in [0.1, 0.15) is 28.5 Å². The third-order valence-corrected chi connectivity index (χ3v) is 25.0. The molecule has 0 unspecified atom stereocenters. The molecule has 4 bridgehead atoms. The minimum Gasteiger partial charge on any atom is -0.480 e. The molecule has 472 valence electrons. The van der Waals surface area contributed by atoms with Gasteiger partial charge in [0.2, 0.25) is 17.7 Å². The summed E-state index contributed by atoms with van der Waals surface area (Å²) in [5.74, 6) is -4.62. The summed E-state index contributed by atoms with van der Waals surface area (Å²) in [7, 11) is 1.48. The topological polar surface area (TPSA) is 183 Å². The zero-order valence-electron chi connectivity index (χ0n) is 50.8. The summed E-state index contributed by atoms with van der Waals surface area (Å²) in [4.78, 5) is 72.4. The molecule has 3 amide bonds. The van der Waals surface area contributed by atoms with Crippen LogP contribution >= 0.6 is 46.4 Å². The number of ether oxygens (including phenoxy) is 1. The molecule has 88 heavy (non-hydrogen) atoms. The number of nitrogens with one attached hydrogen (secondary N) is 3. The normalized spacial score (nSPS) is 33.7. The third kappa shape index (κ3) is 9.50. The lowest BCUT2D eigenvalue weighted by atomic mass is 9.55. The Labute approximate surface area is 535 Å². The maximum absolute atomic E-state index is 16.3. The first-order valence-electron chi connectivity index (χ1n) is 32.1. The van der Waals surface area contributed by atoms with E-state index >= 15 is 8.78 Å². The van der Waals surface area contributed by atoms with Crippen LogP contribution in [-0.4, -0.2) is 99.0 Å². The fourth-order valence-electron chi connectivity index (χ4n) is 19.7. The number of anilines is 2. The first-order valence-corrected chi connectivity index (χ1v) is 33.6. The minimum atomic E-state index is -1.29. The molecule has 6 N–H and O–H groups in total. The van der Waals surface area contributed by atoms with Crippen molar-refractivity contribution >= 4 is 87.4 Å². The van der Waals surface area contributed by atoms with Crippen molar-refractivity contribution < 1.29 is 42.6 Å². The van der Waals surface area contributed by atoms with Gasteiger partial charge in [-0.2, -0.15) is 0 Å². The SMILES string of the molecule is CCN1[C@@H](C(=O)NC23CCC(C)(CC2)CC3)[C@H](c2cccc(Cl)c2F)[C@]2(C(=O)Nc3cc(Cl)ccc32)C12CCCCC2.CCN1[C@@H](C(=O)O)[C@H](c2cccc(Cl)c2F)[C@]2(C(=O)Nc3cc(Cl)ccc32)C12CCCCC2.COC(=O)C12CCC(N)(CC1)CC2. The zero-order chi connectivity index (χ0) is 62.6. The van der Waals surface area contributed by atoms with Crippen LogP contribution in [0.15, 0.2) is 72.8 Å². The van der Waals surface area contributed by atoms with Crippen molar-refractivity contribution in [2.24, 2.45) is 16.6 Å². The molecule has 2 saturated heterocycles. The van der Waals surface area contributed by atoms with E-state index in [1.54, 1.807) is 48.5 Å². The number of amides is 3. The summed E-state index contributed by atoms with van der Waals surface area (Å²) in [5, 5.41) is 21.1. The summed E-state index contributed by atoms with van der Waals surface area (Å²) >= 11 is 25.3. The molecule has 8 aliphatic carbocycles. The van der Waals surface area contributed by atoms with Gasteiger partial charge in [-0.05, 0) is 180 Å². The van der Waals surface area contributed by atoms with E-state index in [1.807, 2.05) is 24.0 Å². The van der Waals surface area contributed by atoms with Gasteiger partial charge in [0, 0.05) is 55.4 Å². The Morgan fingerprint density at radius 3 is 1.44 bits per heavy atom. The van der Waals surface area contributed by atoms with Crippen molar-refractivity contribution in [1.82, 2.24) is 15.1 Å². The van der Waals surface area contributed by atoms with Crippen LogP contribution < -0.4 is 21.7 Å². The van der Waals surface area contributed by atoms with Crippen molar-refractivity contribution in [1.29, 1.82) is 0 Å². The van der Waals surface area contributed by atoms with E-state index in [0.717, 1.165) is 134 Å².